The number of amides is 2. The van der Waals surface area contributed by atoms with Crippen LogP contribution in [0.15, 0.2) is 18.2 Å². The van der Waals surface area contributed by atoms with Crippen molar-refractivity contribution in [3.63, 3.8) is 0 Å². The normalized spacial score (nSPS) is 24.3. The van der Waals surface area contributed by atoms with E-state index in [0.717, 1.165) is 38.0 Å². The lowest BCUT2D eigenvalue weighted by Crippen LogP contribution is -2.47. The molecule has 1 aliphatic carbocycles. The van der Waals surface area contributed by atoms with Gasteiger partial charge in [0.1, 0.15) is 5.75 Å². The Morgan fingerprint density at radius 2 is 1.76 bits per heavy atom. The minimum atomic E-state index is -4.38. The van der Waals surface area contributed by atoms with Gasteiger partial charge >= 0.3 is 6.18 Å². The summed E-state index contributed by atoms with van der Waals surface area (Å²) < 4.78 is 43.0. The molecule has 2 unspecified atom stereocenters. The number of nitrogens with zero attached hydrogens (tertiary/aromatic N) is 3. The van der Waals surface area contributed by atoms with Crippen molar-refractivity contribution in [2.24, 2.45) is 5.92 Å². The fourth-order valence-electron chi connectivity index (χ4n) is 4.64. The lowest BCUT2D eigenvalue weighted by atomic mass is 10.1. The number of likely N-dealkylation sites (tertiary alicyclic amines) is 1. The van der Waals surface area contributed by atoms with Gasteiger partial charge in [-0.15, -0.1) is 0 Å². The van der Waals surface area contributed by atoms with Gasteiger partial charge in [0.15, 0.2) is 6.61 Å². The number of hydrogen-bond donors (Lipinski definition) is 1. The standard InChI is InChI=1S/C24H33F3N4O3/c1-16-4-7-20(34-15-24(25,26)27)19(14-16)30-12-10-29(11-13-30)8-3-9-31-22(32)17(2)21(23(31)33)28-18-5-6-18/h4,7,14,17-18,21,28H,3,5-6,8-13,15H2,1-2H3. The molecule has 1 aromatic rings. The van der Waals surface area contributed by atoms with Crippen LogP contribution in [0.3, 0.4) is 0 Å². The lowest BCUT2D eigenvalue weighted by Gasteiger charge is -2.37. The fourth-order valence-corrected chi connectivity index (χ4v) is 4.64. The number of halogens is 3. The van der Waals surface area contributed by atoms with Crippen LogP contribution in [0, 0.1) is 12.8 Å². The third-order valence-electron chi connectivity index (χ3n) is 6.76. The SMILES string of the molecule is Cc1ccc(OCC(F)(F)F)c(N2CCN(CCCN3C(=O)C(C)C(NC4CC4)C3=O)CC2)c1. The zero-order valence-electron chi connectivity index (χ0n) is 19.7. The molecule has 10 heteroatoms. The molecule has 3 aliphatic rings. The Labute approximate surface area is 198 Å². The number of carbonyl (C=O) groups excluding carboxylic acids is 2. The largest absolute Gasteiger partial charge is 0.482 e. The van der Waals surface area contributed by atoms with Crippen molar-refractivity contribution in [1.29, 1.82) is 0 Å². The summed E-state index contributed by atoms with van der Waals surface area (Å²) in [4.78, 5) is 30.9. The summed E-state index contributed by atoms with van der Waals surface area (Å²) in [7, 11) is 0. The third-order valence-corrected chi connectivity index (χ3v) is 6.76. The van der Waals surface area contributed by atoms with E-state index < -0.39 is 18.8 Å². The molecule has 3 fully saturated rings. The maximum Gasteiger partial charge on any atom is 0.422 e. The predicted molar refractivity (Wildman–Crippen MR) is 122 cm³/mol. The van der Waals surface area contributed by atoms with Crippen molar-refractivity contribution in [2.45, 2.75) is 51.4 Å². The Morgan fingerprint density at radius 3 is 2.41 bits per heavy atom. The highest BCUT2D eigenvalue weighted by atomic mass is 19.4. The Kier molecular flexibility index (Phi) is 7.37. The average Bonchev–Trinajstić information content (AvgIpc) is 3.59. The van der Waals surface area contributed by atoms with Gasteiger partial charge in [-0.1, -0.05) is 13.0 Å². The van der Waals surface area contributed by atoms with E-state index in [2.05, 4.69) is 15.1 Å². The zero-order chi connectivity index (χ0) is 24.5. The number of alkyl halides is 3. The van der Waals surface area contributed by atoms with Crippen LogP contribution in [0.2, 0.25) is 0 Å². The van der Waals surface area contributed by atoms with Gasteiger partial charge in [0, 0.05) is 38.8 Å². The molecule has 0 spiro atoms. The van der Waals surface area contributed by atoms with Gasteiger partial charge in [0.05, 0.1) is 17.6 Å². The minimum absolute atomic E-state index is 0.0983. The summed E-state index contributed by atoms with van der Waals surface area (Å²) in [5.74, 6) is -0.287. The molecular weight excluding hydrogens is 449 g/mol. The van der Waals surface area contributed by atoms with Crippen LogP contribution < -0.4 is 15.0 Å². The van der Waals surface area contributed by atoms with Gasteiger partial charge in [-0.2, -0.15) is 13.2 Å². The van der Waals surface area contributed by atoms with Crippen molar-refractivity contribution in [3.8, 4) is 5.75 Å². The molecule has 1 aromatic carbocycles. The second kappa shape index (κ2) is 10.1. The zero-order valence-corrected chi connectivity index (χ0v) is 19.7. The molecule has 0 bridgehead atoms. The Morgan fingerprint density at radius 1 is 1.06 bits per heavy atom. The molecule has 0 radical (unpaired) electrons. The number of rotatable bonds is 9. The van der Waals surface area contributed by atoms with Crippen LogP contribution >= 0.6 is 0 Å². The number of imide groups is 1. The number of benzene rings is 1. The number of ether oxygens (including phenoxy) is 1. The summed E-state index contributed by atoms with van der Waals surface area (Å²) in [5.41, 5.74) is 1.64. The van der Waals surface area contributed by atoms with Crippen molar-refractivity contribution in [1.82, 2.24) is 15.1 Å². The minimum Gasteiger partial charge on any atom is -0.482 e. The number of piperazine rings is 1. The van der Waals surface area contributed by atoms with Gasteiger partial charge in [0.25, 0.3) is 0 Å². The topological polar surface area (TPSA) is 65.1 Å². The molecule has 2 atom stereocenters. The molecule has 1 N–H and O–H groups in total. The Hall–Kier alpha value is -2.33. The second-order valence-corrected chi connectivity index (χ2v) is 9.59. The molecule has 188 valence electrons. The summed E-state index contributed by atoms with van der Waals surface area (Å²) in [6, 6.07) is 5.18. The van der Waals surface area contributed by atoms with Crippen LogP contribution in [-0.2, 0) is 9.59 Å². The molecule has 2 aliphatic heterocycles. The maximum atomic E-state index is 12.7. The van der Waals surface area contributed by atoms with Crippen LogP contribution in [0.5, 0.6) is 5.75 Å². The monoisotopic (exact) mass is 482 g/mol. The smallest absolute Gasteiger partial charge is 0.422 e. The second-order valence-electron chi connectivity index (χ2n) is 9.59. The highest BCUT2D eigenvalue weighted by molar-refractivity contribution is 6.06. The summed E-state index contributed by atoms with van der Waals surface area (Å²) in [6.07, 6.45) is -1.56. The van der Waals surface area contributed by atoms with Crippen molar-refractivity contribution in [3.05, 3.63) is 23.8 Å². The summed E-state index contributed by atoms with van der Waals surface area (Å²) in [6.45, 7) is 6.40. The molecule has 2 saturated heterocycles. The predicted octanol–water partition coefficient (Wildman–Crippen LogP) is 2.57. The Balaban J connectivity index is 1.25. The lowest BCUT2D eigenvalue weighted by molar-refractivity contribution is -0.153. The molecule has 34 heavy (non-hydrogen) atoms. The van der Waals surface area contributed by atoms with Crippen LogP contribution in [0.4, 0.5) is 18.9 Å². The number of carbonyl (C=O) groups is 2. The third kappa shape index (κ3) is 6.02. The fraction of sp³-hybridized carbons (Fsp3) is 0.667. The van der Waals surface area contributed by atoms with Gasteiger partial charge in [-0.3, -0.25) is 19.4 Å². The van der Waals surface area contributed by atoms with E-state index in [1.54, 1.807) is 12.1 Å². The molecule has 1 saturated carbocycles. The first kappa shape index (κ1) is 24.8. The van der Waals surface area contributed by atoms with E-state index in [1.165, 1.54) is 4.90 Å². The first-order valence-corrected chi connectivity index (χ1v) is 12.0. The number of aryl methyl sites for hydroxylation is 1. The number of anilines is 1. The first-order valence-electron chi connectivity index (χ1n) is 12.0. The molecule has 7 nitrogen and oxygen atoms in total. The quantitative estimate of drug-likeness (QED) is 0.546. The highest BCUT2D eigenvalue weighted by Crippen LogP contribution is 2.32. The van der Waals surface area contributed by atoms with E-state index in [4.69, 9.17) is 4.74 Å². The van der Waals surface area contributed by atoms with E-state index in [-0.39, 0.29) is 23.5 Å². The van der Waals surface area contributed by atoms with E-state index in [0.29, 0.717) is 37.8 Å². The molecular formula is C24H33F3N4O3. The van der Waals surface area contributed by atoms with Gasteiger partial charge < -0.3 is 15.0 Å². The van der Waals surface area contributed by atoms with E-state index >= 15 is 0 Å². The van der Waals surface area contributed by atoms with Gasteiger partial charge in [-0.05, 0) is 50.4 Å². The summed E-state index contributed by atoms with van der Waals surface area (Å²) >= 11 is 0. The Bertz CT molecular complexity index is 898. The first-order chi connectivity index (χ1) is 16.1. The van der Waals surface area contributed by atoms with Crippen molar-refractivity contribution < 1.29 is 27.5 Å². The molecule has 2 heterocycles. The number of nitrogens with one attached hydrogen (secondary N) is 1. The van der Waals surface area contributed by atoms with Crippen LogP contribution in [0.1, 0.15) is 31.7 Å². The van der Waals surface area contributed by atoms with Crippen LogP contribution in [-0.4, -0.2) is 85.7 Å². The van der Waals surface area contributed by atoms with Gasteiger partial charge in [-0.25, -0.2) is 0 Å². The molecule has 0 aromatic heterocycles. The van der Waals surface area contributed by atoms with E-state index in [9.17, 15) is 22.8 Å². The van der Waals surface area contributed by atoms with E-state index in [1.807, 2.05) is 19.9 Å². The van der Waals surface area contributed by atoms with Crippen molar-refractivity contribution >= 4 is 17.5 Å². The summed E-state index contributed by atoms with van der Waals surface area (Å²) in [5, 5.41) is 3.30. The molecule has 4 rings (SSSR count). The van der Waals surface area contributed by atoms with Crippen LogP contribution in [0.25, 0.3) is 0 Å². The number of hydrogen-bond acceptors (Lipinski definition) is 6. The molecule has 2 amide bonds. The average molecular weight is 483 g/mol. The van der Waals surface area contributed by atoms with Gasteiger partial charge in [0.2, 0.25) is 11.8 Å². The maximum absolute atomic E-state index is 12.7. The van der Waals surface area contributed by atoms with Crippen molar-refractivity contribution in [2.75, 3.05) is 50.8 Å². The highest BCUT2D eigenvalue weighted by Gasteiger charge is 2.46.